The van der Waals surface area contributed by atoms with Crippen LogP contribution in [0.15, 0.2) is 71.3 Å². The molecule has 1 aromatic carbocycles. The molecule has 0 unspecified atom stereocenters. The number of rotatable bonds is 6. The molecule has 0 fully saturated rings. The Morgan fingerprint density at radius 3 is 2.52 bits per heavy atom. The average molecular weight is 456 g/mol. The quantitative estimate of drug-likeness (QED) is 0.255. The summed E-state index contributed by atoms with van der Waals surface area (Å²) < 4.78 is 38.2. The van der Waals surface area contributed by atoms with Crippen LogP contribution in [0.4, 0.5) is 30.4 Å². The number of halogens is 3. The van der Waals surface area contributed by atoms with Gasteiger partial charge in [0.2, 0.25) is 5.91 Å². The number of H-pyrrole nitrogens is 1. The minimum Gasteiger partial charge on any atom is -0.383 e. The number of hydrogen-bond donors (Lipinski definition) is 3. The molecule has 3 aromatic rings. The number of anilines is 1. The van der Waals surface area contributed by atoms with Crippen molar-refractivity contribution in [3.8, 4) is 11.3 Å². The van der Waals surface area contributed by atoms with E-state index < -0.39 is 11.9 Å². The van der Waals surface area contributed by atoms with Crippen molar-refractivity contribution < 1.29 is 18.0 Å². The molecule has 7 nitrogen and oxygen atoms in total. The monoisotopic (exact) mass is 456 g/mol. The van der Waals surface area contributed by atoms with Crippen LogP contribution >= 0.6 is 0 Å². The number of benzene rings is 1. The molecule has 0 saturated heterocycles. The van der Waals surface area contributed by atoms with Crippen LogP contribution in [0.1, 0.15) is 25.1 Å². The van der Waals surface area contributed by atoms with Gasteiger partial charge >= 0.3 is 6.18 Å². The highest BCUT2D eigenvalue weighted by atomic mass is 19.4. The Morgan fingerprint density at radius 2 is 1.94 bits per heavy atom. The summed E-state index contributed by atoms with van der Waals surface area (Å²) in [6, 6.07) is 10.4. The average Bonchev–Trinajstić information content (AvgIpc) is 3.25. The van der Waals surface area contributed by atoms with Crippen LogP contribution in [0.3, 0.4) is 0 Å². The van der Waals surface area contributed by atoms with E-state index in [9.17, 15) is 18.0 Å². The Balaban J connectivity index is 0.00000187. The topological polar surface area (TPSA) is 109 Å². The van der Waals surface area contributed by atoms with Crippen molar-refractivity contribution in [1.29, 1.82) is 0 Å². The number of carbonyl (C=O) groups excluding carboxylic acids is 1. The predicted molar refractivity (Wildman–Crippen MR) is 125 cm³/mol. The lowest BCUT2D eigenvalue weighted by atomic mass is 10.1. The summed E-state index contributed by atoms with van der Waals surface area (Å²) in [6.07, 6.45) is -2.28. The van der Waals surface area contributed by atoms with Gasteiger partial charge in [-0.25, -0.2) is 9.98 Å². The Kier molecular flexibility index (Phi) is 8.27. The van der Waals surface area contributed by atoms with E-state index >= 15 is 0 Å². The Labute approximate surface area is 189 Å². The van der Waals surface area contributed by atoms with Crippen molar-refractivity contribution in [1.82, 2.24) is 9.97 Å². The molecule has 0 spiro atoms. The molecule has 1 amide bonds. The lowest BCUT2D eigenvalue weighted by molar-refractivity contribution is -0.141. The molecule has 10 heteroatoms. The summed E-state index contributed by atoms with van der Waals surface area (Å²) in [7, 11) is 0. The van der Waals surface area contributed by atoms with E-state index in [-0.39, 0.29) is 11.7 Å². The summed E-state index contributed by atoms with van der Waals surface area (Å²) in [5.41, 5.74) is 7.37. The molecule has 0 bridgehead atoms. The number of aliphatic imine (C=N–C) groups is 2. The minimum atomic E-state index is -4.52. The number of hydrogen-bond acceptors (Lipinski definition) is 4. The molecule has 3 rings (SSSR count). The maximum Gasteiger partial charge on any atom is 0.433 e. The lowest BCUT2D eigenvalue weighted by Gasteiger charge is -2.05. The van der Waals surface area contributed by atoms with Crippen LogP contribution < -0.4 is 11.1 Å². The number of amidine groups is 1. The zero-order valence-electron chi connectivity index (χ0n) is 18.1. The molecule has 2 heterocycles. The molecule has 0 aliphatic heterocycles. The number of nitrogens with one attached hydrogen (secondary N) is 2. The summed E-state index contributed by atoms with van der Waals surface area (Å²) in [4.78, 5) is 26.0. The normalized spacial score (nSPS) is 11.2. The summed E-state index contributed by atoms with van der Waals surface area (Å²) in [5.74, 6) is 0.0249. The number of aromatic amines is 1. The summed E-state index contributed by atoms with van der Waals surface area (Å²) in [6.45, 7) is 10.9. The van der Waals surface area contributed by atoms with Crippen molar-refractivity contribution in [2.24, 2.45) is 15.7 Å². The number of amides is 1. The number of pyridine rings is 1. The molecule has 172 valence electrons. The van der Waals surface area contributed by atoms with Crippen LogP contribution in [0, 0.1) is 0 Å². The van der Waals surface area contributed by atoms with E-state index in [0.717, 1.165) is 18.3 Å². The number of aromatic nitrogens is 2. The summed E-state index contributed by atoms with van der Waals surface area (Å²) >= 11 is 0. The second-order valence-electron chi connectivity index (χ2n) is 6.27. The van der Waals surface area contributed by atoms with Gasteiger partial charge in [-0.1, -0.05) is 26.5 Å². The smallest absolute Gasteiger partial charge is 0.383 e. The van der Waals surface area contributed by atoms with Crippen LogP contribution in [0.2, 0.25) is 0 Å². The van der Waals surface area contributed by atoms with E-state index in [1.807, 2.05) is 13.8 Å². The highest BCUT2D eigenvalue weighted by molar-refractivity contribution is 6.04. The van der Waals surface area contributed by atoms with E-state index in [4.69, 9.17) is 5.73 Å². The number of alkyl halides is 3. The predicted octanol–water partition coefficient (Wildman–Crippen LogP) is 5.62. The molecule has 0 aliphatic carbocycles. The maximum atomic E-state index is 12.7. The minimum absolute atomic E-state index is 0.0944. The standard InChI is InChI=1S/C21H17F3N6O.C2H6/c1-3-18(31)28-13-5-4-6-14(9-13)29-19(25)15-10-16(30-20(15)26-2)12-7-8-17(27-11-12)21(22,23)24;1-2/h3-11,30H,1-2H2,(H2,25,29)(H,28,31);1-2H3. The first-order chi connectivity index (χ1) is 15.7. The summed E-state index contributed by atoms with van der Waals surface area (Å²) in [5, 5.41) is 2.62. The third kappa shape index (κ3) is 6.39. The van der Waals surface area contributed by atoms with Crippen molar-refractivity contribution in [3.05, 3.63) is 72.6 Å². The van der Waals surface area contributed by atoms with Crippen molar-refractivity contribution in [3.63, 3.8) is 0 Å². The van der Waals surface area contributed by atoms with Crippen molar-refractivity contribution >= 4 is 35.7 Å². The molecule has 0 saturated carbocycles. The molecule has 2 aromatic heterocycles. The van der Waals surface area contributed by atoms with E-state index in [1.165, 1.54) is 6.07 Å². The fraction of sp³-hybridized carbons (Fsp3) is 0.130. The zero-order valence-corrected chi connectivity index (χ0v) is 18.1. The number of nitrogens with two attached hydrogens (primary N) is 1. The van der Waals surface area contributed by atoms with Crippen LogP contribution in [0.5, 0.6) is 0 Å². The van der Waals surface area contributed by atoms with Gasteiger partial charge in [0.25, 0.3) is 0 Å². The SMILES string of the molecule is C=CC(=O)Nc1cccc(N=C(N)c2cc(-c3ccc(C(F)(F)F)nc3)[nH]c2N=C)c1.CC. The second kappa shape index (κ2) is 10.9. The van der Waals surface area contributed by atoms with E-state index in [1.54, 1.807) is 30.3 Å². The fourth-order valence-corrected chi connectivity index (χ4v) is 2.69. The largest absolute Gasteiger partial charge is 0.433 e. The van der Waals surface area contributed by atoms with E-state index in [2.05, 4.69) is 38.6 Å². The Hall–Kier alpha value is -4.21. The van der Waals surface area contributed by atoms with Gasteiger partial charge in [0, 0.05) is 23.1 Å². The van der Waals surface area contributed by atoms with Gasteiger partial charge in [0.05, 0.1) is 11.3 Å². The first kappa shape index (κ1) is 25.1. The highest BCUT2D eigenvalue weighted by Crippen LogP contribution is 2.31. The van der Waals surface area contributed by atoms with Gasteiger partial charge < -0.3 is 16.0 Å². The first-order valence-electron chi connectivity index (χ1n) is 9.82. The van der Waals surface area contributed by atoms with Gasteiger partial charge in [-0.15, -0.1) is 0 Å². The highest BCUT2D eigenvalue weighted by Gasteiger charge is 2.32. The number of carbonyl (C=O) groups is 1. The van der Waals surface area contributed by atoms with Crippen molar-refractivity contribution in [2.75, 3.05) is 5.32 Å². The third-order valence-electron chi connectivity index (χ3n) is 4.14. The van der Waals surface area contributed by atoms with Crippen LogP contribution in [0.25, 0.3) is 11.3 Å². The maximum absolute atomic E-state index is 12.7. The first-order valence-corrected chi connectivity index (χ1v) is 9.82. The molecular formula is C23H23F3N6O. The van der Waals surface area contributed by atoms with Gasteiger partial charge in [-0.2, -0.15) is 13.2 Å². The Morgan fingerprint density at radius 1 is 1.21 bits per heavy atom. The molecule has 33 heavy (non-hydrogen) atoms. The molecular weight excluding hydrogens is 433 g/mol. The van der Waals surface area contributed by atoms with Gasteiger partial charge in [0.15, 0.2) is 0 Å². The second-order valence-corrected chi connectivity index (χ2v) is 6.27. The van der Waals surface area contributed by atoms with Crippen LogP contribution in [-0.2, 0) is 11.0 Å². The van der Waals surface area contributed by atoms with Crippen LogP contribution in [-0.4, -0.2) is 28.4 Å². The molecule has 0 radical (unpaired) electrons. The van der Waals surface area contributed by atoms with Crippen molar-refractivity contribution in [2.45, 2.75) is 20.0 Å². The van der Waals surface area contributed by atoms with Gasteiger partial charge in [-0.3, -0.25) is 9.78 Å². The zero-order chi connectivity index (χ0) is 24.6. The molecule has 0 atom stereocenters. The van der Waals surface area contributed by atoms with Gasteiger partial charge in [-0.05, 0) is 49.2 Å². The lowest BCUT2D eigenvalue weighted by Crippen LogP contribution is -2.12. The van der Waals surface area contributed by atoms with E-state index in [0.29, 0.717) is 34.0 Å². The molecule has 0 aliphatic rings. The third-order valence-corrected chi connectivity index (χ3v) is 4.14. The van der Waals surface area contributed by atoms with Gasteiger partial charge in [0.1, 0.15) is 17.3 Å². The number of nitrogens with zero attached hydrogens (tertiary/aromatic N) is 3. The fourth-order valence-electron chi connectivity index (χ4n) is 2.69. The molecule has 4 N–H and O–H groups in total. The Bertz CT molecular complexity index is 1160.